The molecule has 0 bridgehead atoms. The van der Waals surface area contributed by atoms with Gasteiger partial charge in [0.05, 0.1) is 11.9 Å². The third kappa shape index (κ3) is 3.85. The molecular weight excluding hydrogens is 178 g/mol. The Morgan fingerprint density at radius 3 is 2.79 bits per heavy atom. The molecule has 0 aliphatic carbocycles. The van der Waals surface area contributed by atoms with Gasteiger partial charge in [0.2, 0.25) is 0 Å². The van der Waals surface area contributed by atoms with Crippen LogP contribution in [0.3, 0.4) is 0 Å². The van der Waals surface area contributed by atoms with Gasteiger partial charge in [0, 0.05) is 19.6 Å². The molecule has 1 rings (SSSR count). The summed E-state index contributed by atoms with van der Waals surface area (Å²) in [6.07, 6.45) is 1.74. The predicted octanol–water partition coefficient (Wildman–Crippen LogP) is 0.236. The first-order valence-electron chi connectivity index (χ1n) is 5.14. The molecule has 0 atom stereocenters. The van der Waals surface area contributed by atoms with E-state index in [0.29, 0.717) is 0 Å². The number of aromatic amines is 1. The molecule has 0 radical (unpaired) electrons. The molecule has 1 heterocycles. The molecule has 5 nitrogen and oxygen atoms in total. The number of likely N-dealkylation sites (N-methyl/N-ethyl adjacent to an activating group) is 1. The van der Waals surface area contributed by atoms with Crippen molar-refractivity contribution in [2.45, 2.75) is 20.4 Å². The second-order valence-electron chi connectivity index (χ2n) is 3.16. The Bertz CT molecular complexity index is 217. The Kier molecular flexibility index (Phi) is 5.17. The Hall–Kier alpha value is -0.940. The first-order chi connectivity index (χ1) is 6.86. The topological polar surface area (TPSA) is 56.8 Å². The molecule has 0 saturated carbocycles. The largest absolute Gasteiger partial charge is 0.310 e. The maximum atomic E-state index is 3.96. The third-order valence-electron chi connectivity index (χ3n) is 2.27. The molecule has 0 aromatic carbocycles. The summed E-state index contributed by atoms with van der Waals surface area (Å²) in [6, 6.07) is 0. The van der Waals surface area contributed by atoms with Crippen LogP contribution in [0.15, 0.2) is 6.20 Å². The number of hydrogen-bond donors (Lipinski definition) is 2. The summed E-state index contributed by atoms with van der Waals surface area (Å²) in [5, 5.41) is 13.6. The van der Waals surface area contributed by atoms with E-state index in [2.05, 4.69) is 39.5 Å². The van der Waals surface area contributed by atoms with E-state index >= 15 is 0 Å². The van der Waals surface area contributed by atoms with Crippen LogP contribution in [0.25, 0.3) is 0 Å². The summed E-state index contributed by atoms with van der Waals surface area (Å²) in [5.41, 5.74) is 0.963. The minimum atomic E-state index is 0.789. The van der Waals surface area contributed by atoms with Gasteiger partial charge < -0.3 is 10.2 Å². The van der Waals surface area contributed by atoms with Gasteiger partial charge in [0.1, 0.15) is 0 Å². The molecule has 0 amide bonds. The van der Waals surface area contributed by atoms with Crippen LogP contribution in [0.4, 0.5) is 0 Å². The molecule has 0 aliphatic heterocycles. The van der Waals surface area contributed by atoms with Crippen molar-refractivity contribution in [1.29, 1.82) is 0 Å². The van der Waals surface area contributed by atoms with Gasteiger partial charge in [0.25, 0.3) is 0 Å². The standard InChI is InChI=1S/C9H19N5/c1-3-14(4-2)6-5-10-7-9-8-11-13-12-9/h8,10H,3-7H2,1-2H3,(H,11,12,13). The van der Waals surface area contributed by atoms with Crippen LogP contribution in [0.5, 0.6) is 0 Å². The summed E-state index contributed by atoms with van der Waals surface area (Å²) >= 11 is 0. The summed E-state index contributed by atoms with van der Waals surface area (Å²) in [5.74, 6) is 0. The molecule has 0 spiro atoms. The molecule has 0 fully saturated rings. The zero-order valence-electron chi connectivity index (χ0n) is 8.95. The lowest BCUT2D eigenvalue weighted by Gasteiger charge is -2.17. The zero-order valence-corrected chi connectivity index (χ0v) is 8.95. The highest BCUT2D eigenvalue weighted by atomic mass is 15.3. The van der Waals surface area contributed by atoms with Gasteiger partial charge in [-0.15, -0.1) is 0 Å². The molecule has 1 aromatic heterocycles. The Morgan fingerprint density at radius 1 is 1.43 bits per heavy atom. The van der Waals surface area contributed by atoms with E-state index in [1.54, 1.807) is 6.20 Å². The van der Waals surface area contributed by atoms with Crippen molar-refractivity contribution in [3.05, 3.63) is 11.9 Å². The van der Waals surface area contributed by atoms with Crippen LogP contribution in [0.2, 0.25) is 0 Å². The van der Waals surface area contributed by atoms with Gasteiger partial charge in [0.15, 0.2) is 0 Å². The van der Waals surface area contributed by atoms with E-state index in [4.69, 9.17) is 0 Å². The third-order valence-corrected chi connectivity index (χ3v) is 2.27. The van der Waals surface area contributed by atoms with Gasteiger partial charge in [-0.25, -0.2) is 0 Å². The molecule has 1 aromatic rings. The molecular formula is C9H19N5. The molecule has 80 valence electrons. The summed E-state index contributed by atoms with van der Waals surface area (Å²) in [4.78, 5) is 2.38. The van der Waals surface area contributed by atoms with Crippen LogP contribution >= 0.6 is 0 Å². The molecule has 5 heteroatoms. The van der Waals surface area contributed by atoms with Gasteiger partial charge in [-0.1, -0.05) is 13.8 Å². The highest BCUT2D eigenvalue weighted by Crippen LogP contribution is 1.88. The fourth-order valence-electron chi connectivity index (χ4n) is 1.30. The van der Waals surface area contributed by atoms with Crippen molar-refractivity contribution in [2.24, 2.45) is 0 Å². The van der Waals surface area contributed by atoms with Crippen LogP contribution < -0.4 is 5.32 Å². The summed E-state index contributed by atoms with van der Waals surface area (Å²) < 4.78 is 0. The summed E-state index contributed by atoms with van der Waals surface area (Å²) in [7, 11) is 0. The van der Waals surface area contributed by atoms with Crippen molar-refractivity contribution in [3.63, 3.8) is 0 Å². The van der Waals surface area contributed by atoms with Crippen molar-refractivity contribution in [3.8, 4) is 0 Å². The molecule has 0 saturated heterocycles. The number of H-pyrrole nitrogens is 1. The Labute approximate surface area is 84.9 Å². The highest BCUT2D eigenvalue weighted by Gasteiger charge is 1.98. The Balaban J connectivity index is 2.04. The van der Waals surface area contributed by atoms with Crippen molar-refractivity contribution in [1.82, 2.24) is 25.6 Å². The number of nitrogens with one attached hydrogen (secondary N) is 2. The van der Waals surface area contributed by atoms with Crippen molar-refractivity contribution >= 4 is 0 Å². The lowest BCUT2D eigenvalue weighted by Crippen LogP contribution is -2.31. The SMILES string of the molecule is CCN(CC)CCNCc1cn[nH]n1. The fourth-order valence-corrected chi connectivity index (χ4v) is 1.30. The van der Waals surface area contributed by atoms with Crippen molar-refractivity contribution in [2.75, 3.05) is 26.2 Å². The predicted molar refractivity (Wildman–Crippen MR) is 55.9 cm³/mol. The highest BCUT2D eigenvalue weighted by molar-refractivity contribution is 4.88. The summed E-state index contributed by atoms with van der Waals surface area (Å²) in [6.45, 7) is 9.46. The molecule has 0 aliphatic rings. The maximum absolute atomic E-state index is 3.96. The first kappa shape index (κ1) is 11.1. The van der Waals surface area contributed by atoms with E-state index in [9.17, 15) is 0 Å². The number of rotatable bonds is 7. The second kappa shape index (κ2) is 6.50. The first-order valence-corrected chi connectivity index (χ1v) is 5.14. The van der Waals surface area contributed by atoms with E-state index in [0.717, 1.165) is 38.4 Å². The maximum Gasteiger partial charge on any atom is 0.0962 e. The normalized spacial score (nSPS) is 11.1. The second-order valence-corrected chi connectivity index (χ2v) is 3.16. The van der Waals surface area contributed by atoms with Crippen LogP contribution in [-0.2, 0) is 6.54 Å². The van der Waals surface area contributed by atoms with E-state index < -0.39 is 0 Å². The average molecular weight is 197 g/mol. The van der Waals surface area contributed by atoms with E-state index in [1.165, 1.54) is 0 Å². The molecule has 14 heavy (non-hydrogen) atoms. The average Bonchev–Trinajstić information content (AvgIpc) is 2.71. The fraction of sp³-hybridized carbons (Fsp3) is 0.778. The quantitative estimate of drug-likeness (QED) is 0.615. The number of hydrogen-bond acceptors (Lipinski definition) is 4. The van der Waals surface area contributed by atoms with Crippen molar-refractivity contribution < 1.29 is 0 Å². The molecule has 2 N–H and O–H groups in total. The minimum absolute atomic E-state index is 0.789. The van der Waals surface area contributed by atoms with E-state index in [-0.39, 0.29) is 0 Å². The van der Waals surface area contributed by atoms with Gasteiger partial charge in [-0.3, -0.25) is 0 Å². The lowest BCUT2D eigenvalue weighted by molar-refractivity contribution is 0.302. The van der Waals surface area contributed by atoms with Gasteiger partial charge in [-0.2, -0.15) is 15.4 Å². The van der Waals surface area contributed by atoms with Crippen LogP contribution in [0, 0.1) is 0 Å². The van der Waals surface area contributed by atoms with Gasteiger partial charge in [-0.05, 0) is 13.1 Å². The smallest absolute Gasteiger partial charge is 0.0962 e. The van der Waals surface area contributed by atoms with Gasteiger partial charge >= 0.3 is 0 Å². The van der Waals surface area contributed by atoms with Crippen LogP contribution in [-0.4, -0.2) is 46.5 Å². The Morgan fingerprint density at radius 2 is 2.21 bits per heavy atom. The van der Waals surface area contributed by atoms with E-state index in [1.807, 2.05) is 0 Å². The monoisotopic (exact) mass is 197 g/mol. The lowest BCUT2D eigenvalue weighted by atomic mass is 10.4. The van der Waals surface area contributed by atoms with Crippen LogP contribution in [0.1, 0.15) is 19.5 Å². The molecule has 0 unspecified atom stereocenters. The number of aromatic nitrogens is 3. The zero-order chi connectivity index (χ0) is 10.2. The number of nitrogens with zero attached hydrogens (tertiary/aromatic N) is 3. The minimum Gasteiger partial charge on any atom is -0.310 e.